The van der Waals surface area contributed by atoms with Crippen molar-refractivity contribution in [1.82, 2.24) is 5.48 Å². The monoisotopic (exact) mass is 223 g/mol. The van der Waals surface area contributed by atoms with Crippen LogP contribution in [0.5, 0.6) is 5.75 Å². The number of ether oxygens (including phenoxy) is 1. The van der Waals surface area contributed by atoms with Crippen LogP contribution in [0.1, 0.15) is 24.8 Å². The molecule has 0 saturated carbocycles. The standard InChI is InChI=1S/C12H17NO3/c1-9(7-12(14)13-16-3)10-5-4-6-11(8-10)15-2/h4-6,8-9H,7H2,1-3H3,(H,13,14). The third-order valence-electron chi connectivity index (χ3n) is 2.37. The first-order valence-corrected chi connectivity index (χ1v) is 5.13. The number of hydrogen-bond donors (Lipinski definition) is 1. The molecule has 1 amide bonds. The Kier molecular flexibility index (Phi) is 4.79. The molecule has 1 aromatic rings. The van der Waals surface area contributed by atoms with Crippen molar-refractivity contribution in [3.05, 3.63) is 29.8 Å². The van der Waals surface area contributed by atoms with Crippen LogP contribution >= 0.6 is 0 Å². The van der Waals surface area contributed by atoms with Crippen molar-refractivity contribution < 1.29 is 14.4 Å². The molecule has 16 heavy (non-hydrogen) atoms. The maximum atomic E-state index is 11.3. The molecule has 0 radical (unpaired) electrons. The highest BCUT2D eigenvalue weighted by Gasteiger charge is 2.11. The summed E-state index contributed by atoms with van der Waals surface area (Å²) in [7, 11) is 3.05. The van der Waals surface area contributed by atoms with Crippen LogP contribution in [0.4, 0.5) is 0 Å². The molecule has 1 rings (SSSR count). The lowest BCUT2D eigenvalue weighted by molar-refractivity contribution is -0.131. The minimum atomic E-state index is -0.127. The normalized spacial score (nSPS) is 11.9. The van der Waals surface area contributed by atoms with E-state index in [1.54, 1.807) is 7.11 Å². The van der Waals surface area contributed by atoms with Crippen LogP contribution in [-0.2, 0) is 9.63 Å². The average molecular weight is 223 g/mol. The number of hydrogen-bond acceptors (Lipinski definition) is 3. The van der Waals surface area contributed by atoms with Gasteiger partial charge in [0.1, 0.15) is 5.75 Å². The molecule has 0 saturated heterocycles. The predicted octanol–water partition coefficient (Wildman–Crippen LogP) is 1.87. The molecule has 1 aromatic carbocycles. The van der Waals surface area contributed by atoms with Crippen LogP contribution in [0.25, 0.3) is 0 Å². The number of rotatable bonds is 5. The second-order valence-corrected chi connectivity index (χ2v) is 3.61. The third kappa shape index (κ3) is 3.55. The number of carbonyl (C=O) groups excluding carboxylic acids is 1. The van der Waals surface area contributed by atoms with Crippen molar-refractivity contribution in [2.45, 2.75) is 19.3 Å². The fourth-order valence-corrected chi connectivity index (χ4v) is 1.50. The number of hydroxylamine groups is 1. The smallest absolute Gasteiger partial charge is 0.244 e. The highest BCUT2D eigenvalue weighted by Crippen LogP contribution is 2.22. The minimum Gasteiger partial charge on any atom is -0.497 e. The lowest BCUT2D eigenvalue weighted by Gasteiger charge is -2.12. The largest absolute Gasteiger partial charge is 0.497 e. The van der Waals surface area contributed by atoms with Gasteiger partial charge < -0.3 is 4.74 Å². The van der Waals surface area contributed by atoms with E-state index in [9.17, 15) is 4.79 Å². The van der Waals surface area contributed by atoms with Gasteiger partial charge >= 0.3 is 0 Å². The maximum absolute atomic E-state index is 11.3. The summed E-state index contributed by atoms with van der Waals surface area (Å²) in [5.74, 6) is 0.805. The van der Waals surface area contributed by atoms with E-state index in [0.717, 1.165) is 11.3 Å². The number of methoxy groups -OCH3 is 1. The second-order valence-electron chi connectivity index (χ2n) is 3.61. The summed E-state index contributed by atoms with van der Waals surface area (Å²) in [6.07, 6.45) is 0.390. The first kappa shape index (κ1) is 12.5. The lowest BCUT2D eigenvalue weighted by Crippen LogP contribution is -2.23. The highest BCUT2D eigenvalue weighted by molar-refractivity contribution is 5.75. The molecule has 1 unspecified atom stereocenters. The van der Waals surface area contributed by atoms with Crippen LogP contribution in [0.15, 0.2) is 24.3 Å². The Morgan fingerprint density at radius 1 is 1.44 bits per heavy atom. The predicted molar refractivity (Wildman–Crippen MR) is 61.2 cm³/mol. The Hall–Kier alpha value is -1.55. The number of benzene rings is 1. The Morgan fingerprint density at radius 3 is 2.81 bits per heavy atom. The van der Waals surface area contributed by atoms with Crippen molar-refractivity contribution in [2.75, 3.05) is 14.2 Å². The highest BCUT2D eigenvalue weighted by atomic mass is 16.6. The molecule has 88 valence electrons. The van der Waals surface area contributed by atoms with E-state index < -0.39 is 0 Å². The fourth-order valence-electron chi connectivity index (χ4n) is 1.50. The summed E-state index contributed by atoms with van der Waals surface area (Å²) in [5, 5.41) is 0. The van der Waals surface area contributed by atoms with Crippen LogP contribution in [0.3, 0.4) is 0 Å². The van der Waals surface area contributed by atoms with E-state index in [2.05, 4.69) is 10.3 Å². The van der Waals surface area contributed by atoms with Gasteiger partial charge in [-0.1, -0.05) is 19.1 Å². The molecule has 4 nitrogen and oxygen atoms in total. The maximum Gasteiger partial charge on any atom is 0.244 e. The summed E-state index contributed by atoms with van der Waals surface area (Å²) in [5.41, 5.74) is 3.38. The molecule has 1 N–H and O–H groups in total. The van der Waals surface area contributed by atoms with E-state index in [1.807, 2.05) is 31.2 Å². The van der Waals surface area contributed by atoms with Gasteiger partial charge in [0.2, 0.25) is 5.91 Å². The molecule has 0 bridgehead atoms. The Labute approximate surface area is 95.5 Å². The topological polar surface area (TPSA) is 47.6 Å². The van der Waals surface area contributed by atoms with Crippen LogP contribution in [0.2, 0.25) is 0 Å². The summed E-state index contributed by atoms with van der Waals surface area (Å²) < 4.78 is 5.13. The summed E-state index contributed by atoms with van der Waals surface area (Å²) in [6.45, 7) is 1.99. The van der Waals surface area contributed by atoms with Crippen molar-refractivity contribution in [3.63, 3.8) is 0 Å². The first-order chi connectivity index (χ1) is 7.67. The Bertz CT molecular complexity index is 352. The van der Waals surface area contributed by atoms with Gasteiger partial charge in [0, 0.05) is 6.42 Å². The van der Waals surface area contributed by atoms with Crippen LogP contribution < -0.4 is 10.2 Å². The number of amides is 1. The van der Waals surface area contributed by atoms with Gasteiger partial charge in [0.25, 0.3) is 0 Å². The summed E-state index contributed by atoms with van der Waals surface area (Å²) >= 11 is 0. The van der Waals surface area contributed by atoms with Gasteiger partial charge in [-0.25, -0.2) is 5.48 Å². The van der Waals surface area contributed by atoms with Crippen molar-refractivity contribution in [1.29, 1.82) is 0 Å². The van der Waals surface area contributed by atoms with Crippen molar-refractivity contribution >= 4 is 5.91 Å². The minimum absolute atomic E-state index is 0.127. The Morgan fingerprint density at radius 2 is 2.19 bits per heavy atom. The second kappa shape index (κ2) is 6.12. The molecule has 0 aromatic heterocycles. The zero-order valence-corrected chi connectivity index (χ0v) is 9.82. The molecular weight excluding hydrogens is 206 g/mol. The lowest BCUT2D eigenvalue weighted by atomic mass is 9.97. The van der Waals surface area contributed by atoms with Crippen molar-refractivity contribution in [2.24, 2.45) is 0 Å². The SMILES string of the molecule is CONC(=O)CC(C)c1cccc(OC)c1. The zero-order chi connectivity index (χ0) is 12.0. The van der Waals surface area contributed by atoms with Gasteiger partial charge in [-0.15, -0.1) is 0 Å². The van der Waals surface area contributed by atoms with E-state index >= 15 is 0 Å². The van der Waals surface area contributed by atoms with Gasteiger partial charge in [0.05, 0.1) is 14.2 Å². The molecule has 4 heteroatoms. The van der Waals surface area contributed by atoms with E-state index in [-0.39, 0.29) is 11.8 Å². The van der Waals surface area contributed by atoms with Crippen LogP contribution in [0, 0.1) is 0 Å². The molecule has 0 aliphatic heterocycles. The molecule has 0 aliphatic rings. The first-order valence-electron chi connectivity index (χ1n) is 5.13. The van der Waals surface area contributed by atoms with E-state index in [1.165, 1.54) is 7.11 Å². The van der Waals surface area contributed by atoms with E-state index in [0.29, 0.717) is 6.42 Å². The van der Waals surface area contributed by atoms with Gasteiger partial charge in [0.15, 0.2) is 0 Å². The molecule has 0 aliphatic carbocycles. The fraction of sp³-hybridized carbons (Fsp3) is 0.417. The summed E-state index contributed by atoms with van der Waals surface area (Å²) in [6, 6.07) is 7.71. The zero-order valence-electron chi connectivity index (χ0n) is 9.82. The quantitative estimate of drug-likeness (QED) is 0.775. The Balaban J connectivity index is 2.64. The molecule has 0 spiro atoms. The van der Waals surface area contributed by atoms with Gasteiger partial charge in [-0.05, 0) is 23.6 Å². The molecule has 0 fully saturated rings. The van der Waals surface area contributed by atoms with Gasteiger partial charge in [-0.2, -0.15) is 0 Å². The molecule has 1 atom stereocenters. The van der Waals surface area contributed by atoms with Crippen LogP contribution in [-0.4, -0.2) is 20.1 Å². The third-order valence-corrected chi connectivity index (χ3v) is 2.37. The van der Waals surface area contributed by atoms with E-state index in [4.69, 9.17) is 4.74 Å². The molecule has 0 heterocycles. The average Bonchev–Trinajstić information content (AvgIpc) is 2.29. The van der Waals surface area contributed by atoms with Crippen molar-refractivity contribution in [3.8, 4) is 5.75 Å². The number of carbonyl (C=O) groups is 1. The molecular formula is C12H17NO3. The van der Waals surface area contributed by atoms with Gasteiger partial charge in [-0.3, -0.25) is 9.63 Å². The number of nitrogens with one attached hydrogen (secondary N) is 1. The summed E-state index contributed by atoms with van der Waals surface area (Å²) in [4.78, 5) is 15.9.